The zero-order chi connectivity index (χ0) is 12.3. The van der Waals surface area contributed by atoms with Crippen molar-refractivity contribution >= 4 is 17.4 Å². The van der Waals surface area contributed by atoms with Crippen molar-refractivity contribution in [2.75, 3.05) is 25.1 Å². The molecule has 0 aliphatic carbocycles. The Labute approximate surface area is 105 Å². The number of halogens is 1. The summed E-state index contributed by atoms with van der Waals surface area (Å²) >= 11 is 5.90. The molecule has 1 fully saturated rings. The van der Waals surface area contributed by atoms with Crippen molar-refractivity contribution in [3.8, 4) is 0 Å². The Morgan fingerprint density at radius 1 is 1.47 bits per heavy atom. The molecule has 0 saturated carbocycles. The van der Waals surface area contributed by atoms with Crippen LogP contribution in [0.2, 0.25) is 5.15 Å². The van der Waals surface area contributed by atoms with Gasteiger partial charge in [0, 0.05) is 38.2 Å². The Morgan fingerprint density at radius 3 is 2.88 bits per heavy atom. The SMILES string of the molecule is Cc1c(Cl)ncnc1NCC1(O)CCOCC1. The monoisotopic (exact) mass is 257 g/mol. The number of anilines is 1. The van der Waals surface area contributed by atoms with Crippen LogP contribution >= 0.6 is 11.6 Å². The number of aromatic nitrogens is 2. The summed E-state index contributed by atoms with van der Waals surface area (Å²) in [6.45, 7) is 3.49. The van der Waals surface area contributed by atoms with Gasteiger partial charge in [-0.15, -0.1) is 0 Å². The third-order valence-corrected chi connectivity index (χ3v) is 3.41. The minimum atomic E-state index is -0.720. The number of aliphatic hydroxyl groups is 1. The highest BCUT2D eigenvalue weighted by Crippen LogP contribution is 2.23. The molecule has 0 spiro atoms. The summed E-state index contributed by atoms with van der Waals surface area (Å²) in [5, 5.41) is 13.8. The predicted molar refractivity (Wildman–Crippen MR) is 65.3 cm³/mol. The van der Waals surface area contributed by atoms with E-state index in [2.05, 4.69) is 15.3 Å². The first-order valence-electron chi connectivity index (χ1n) is 5.62. The van der Waals surface area contributed by atoms with Crippen LogP contribution in [0.25, 0.3) is 0 Å². The van der Waals surface area contributed by atoms with Gasteiger partial charge in [-0.1, -0.05) is 11.6 Å². The predicted octanol–water partition coefficient (Wildman–Crippen LogP) is 1.39. The number of ether oxygens (including phenoxy) is 1. The van der Waals surface area contributed by atoms with Gasteiger partial charge in [0.1, 0.15) is 17.3 Å². The van der Waals surface area contributed by atoms with Crippen LogP contribution in [0.3, 0.4) is 0 Å². The minimum Gasteiger partial charge on any atom is -0.388 e. The van der Waals surface area contributed by atoms with Crippen LogP contribution in [-0.4, -0.2) is 40.4 Å². The lowest BCUT2D eigenvalue weighted by Crippen LogP contribution is -2.42. The molecule has 0 unspecified atom stereocenters. The number of hydrogen-bond donors (Lipinski definition) is 2. The van der Waals surface area contributed by atoms with Gasteiger partial charge in [0.25, 0.3) is 0 Å². The Balaban J connectivity index is 1.99. The highest BCUT2D eigenvalue weighted by molar-refractivity contribution is 6.30. The zero-order valence-corrected chi connectivity index (χ0v) is 10.5. The van der Waals surface area contributed by atoms with E-state index in [1.807, 2.05) is 6.92 Å². The maximum atomic E-state index is 10.3. The lowest BCUT2D eigenvalue weighted by Gasteiger charge is -2.32. The normalized spacial score (nSPS) is 19.0. The lowest BCUT2D eigenvalue weighted by molar-refractivity contribution is -0.0543. The van der Waals surface area contributed by atoms with Gasteiger partial charge < -0.3 is 15.2 Å². The molecule has 2 N–H and O–H groups in total. The second kappa shape index (κ2) is 5.16. The van der Waals surface area contributed by atoms with E-state index in [0.29, 0.717) is 43.6 Å². The Kier molecular flexibility index (Phi) is 3.81. The summed E-state index contributed by atoms with van der Waals surface area (Å²) in [5.74, 6) is 0.671. The van der Waals surface area contributed by atoms with Gasteiger partial charge in [0.15, 0.2) is 0 Å². The molecular formula is C11H16ClN3O2. The van der Waals surface area contributed by atoms with Gasteiger partial charge >= 0.3 is 0 Å². The van der Waals surface area contributed by atoms with Gasteiger partial charge in [-0.25, -0.2) is 9.97 Å². The van der Waals surface area contributed by atoms with Crippen LogP contribution in [0.4, 0.5) is 5.82 Å². The molecule has 5 nitrogen and oxygen atoms in total. The van der Waals surface area contributed by atoms with E-state index in [4.69, 9.17) is 16.3 Å². The molecule has 1 aliphatic rings. The molecular weight excluding hydrogens is 242 g/mol. The standard InChI is InChI=1S/C11H16ClN3O2/c1-8-9(12)14-7-15-10(8)13-6-11(16)2-4-17-5-3-11/h7,16H,2-6H2,1H3,(H,13,14,15). The van der Waals surface area contributed by atoms with Crippen LogP contribution in [0.5, 0.6) is 0 Å². The molecule has 1 aliphatic heterocycles. The van der Waals surface area contributed by atoms with E-state index in [9.17, 15) is 5.11 Å². The molecule has 0 amide bonds. The van der Waals surface area contributed by atoms with Crippen molar-refractivity contribution in [3.63, 3.8) is 0 Å². The molecule has 94 valence electrons. The fourth-order valence-electron chi connectivity index (χ4n) is 1.78. The summed E-state index contributed by atoms with van der Waals surface area (Å²) in [4.78, 5) is 7.99. The third kappa shape index (κ3) is 3.06. The van der Waals surface area contributed by atoms with E-state index >= 15 is 0 Å². The van der Waals surface area contributed by atoms with Crippen LogP contribution in [-0.2, 0) is 4.74 Å². The average molecular weight is 258 g/mol. The second-order valence-electron chi connectivity index (χ2n) is 4.33. The highest BCUT2D eigenvalue weighted by atomic mass is 35.5. The Hall–Kier alpha value is -0.910. The topological polar surface area (TPSA) is 67.3 Å². The van der Waals surface area contributed by atoms with Gasteiger partial charge in [-0.05, 0) is 6.92 Å². The van der Waals surface area contributed by atoms with Crippen molar-refractivity contribution in [3.05, 3.63) is 17.0 Å². The van der Waals surface area contributed by atoms with Gasteiger partial charge in [0.2, 0.25) is 0 Å². The third-order valence-electron chi connectivity index (χ3n) is 3.03. The average Bonchev–Trinajstić information content (AvgIpc) is 2.32. The number of rotatable bonds is 3. The first kappa shape index (κ1) is 12.5. The number of hydrogen-bond acceptors (Lipinski definition) is 5. The first-order chi connectivity index (χ1) is 8.11. The molecule has 1 aromatic rings. The smallest absolute Gasteiger partial charge is 0.137 e. The molecule has 0 bridgehead atoms. The van der Waals surface area contributed by atoms with Crippen molar-refractivity contribution in [2.24, 2.45) is 0 Å². The summed E-state index contributed by atoms with van der Waals surface area (Å²) in [6.07, 6.45) is 2.68. The molecule has 6 heteroatoms. The Morgan fingerprint density at radius 2 is 2.18 bits per heavy atom. The maximum Gasteiger partial charge on any atom is 0.137 e. The zero-order valence-electron chi connectivity index (χ0n) is 9.74. The van der Waals surface area contributed by atoms with Crippen LogP contribution < -0.4 is 5.32 Å². The highest BCUT2D eigenvalue weighted by Gasteiger charge is 2.29. The summed E-state index contributed by atoms with van der Waals surface area (Å²) in [7, 11) is 0. The van der Waals surface area contributed by atoms with E-state index in [0.717, 1.165) is 5.56 Å². The summed E-state index contributed by atoms with van der Waals surface area (Å²) < 4.78 is 5.23. The van der Waals surface area contributed by atoms with E-state index < -0.39 is 5.60 Å². The fourth-order valence-corrected chi connectivity index (χ4v) is 1.92. The largest absolute Gasteiger partial charge is 0.388 e. The van der Waals surface area contributed by atoms with Crippen molar-refractivity contribution in [1.29, 1.82) is 0 Å². The Bertz CT molecular complexity index is 394. The van der Waals surface area contributed by atoms with Crippen molar-refractivity contribution in [1.82, 2.24) is 9.97 Å². The van der Waals surface area contributed by atoms with Gasteiger partial charge in [-0.2, -0.15) is 0 Å². The molecule has 1 aromatic heterocycles. The van der Waals surface area contributed by atoms with Crippen LogP contribution in [0.1, 0.15) is 18.4 Å². The van der Waals surface area contributed by atoms with Gasteiger partial charge in [-0.3, -0.25) is 0 Å². The van der Waals surface area contributed by atoms with E-state index in [1.54, 1.807) is 0 Å². The molecule has 0 atom stereocenters. The number of nitrogens with one attached hydrogen (secondary N) is 1. The lowest BCUT2D eigenvalue weighted by atomic mass is 9.94. The first-order valence-corrected chi connectivity index (χ1v) is 6.00. The van der Waals surface area contributed by atoms with E-state index in [-0.39, 0.29) is 0 Å². The molecule has 1 saturated heterocycles. The summed E-state index contributed by atoms with van der Waals surface area (Å²) in [5.41, 5.74) is 0.0760. The summed E-state index contributed by atoms with van der Waals surface area (Å²) in [6, 6.07) is 0. The van der Waals surface area contributed by atoms with Crippen molar-refractivity contribution < 1.29 is 9.84 Å². The molecule has 2 rings (SSSR count). The van der Waals surface area contributed by atoms with Crippen LogP contribution in [0.15, 0.2) is 6.33 Å². The van der Waals surface area contributed by atoms with Crippen LogP contribution in [0, 0.1) is 6.92 Å². The quantitative estimate of drug-likeness (QED) is 0.801. The maximum absolute atomic E-state index is 10.3. The molecule has 17 heavy (non-hydrogen) atoms. The fraction of sp³-hybridized carbons (Fsp3) is 0.636. The van der Waals surface area contributed by atoms with Gasteiger partial charge in [0.05, 0.1) is 5.60 Å². The number of nitrogens with zero attached hydrogens (tertiary/aromatic N) is 2. The molecule has 0 radical (unpaired) electrons. The van der Waals surface area contributed by atoms with Crippen molar-refractivity contribution in [2.45, 2.75) is 25.4 Å². The minimum absolute atomic E-state index is 0.432. The second-order valence-corrected chi connectivity index (χ2v) is 4.69. The molecule has 2 heterocycles. The molecule has 0 aromatic carbocycles. The van der Waals surface area contributed by atoms with E-state index in [1.165, 1.54) is 6.33 Å².